The number of ether oxygens (including phenoxy) is 1. The summed E-state index contributed by atoms with van der Waals surface area (Å²) < 4.78 is 7.46. The van der Waals surface area contributed by atoms with Gasteiger partial charge in [0.15, 0.2) is 5.78 Å². The van der Waals surface area contributed by atoms with Crippen LogP contribution in [0, 0.1) is 13.8 Å². The molecule has 1 aromatic carbocycles. The summed E-state index contributed by atoms with van der Waals surface area (Å²) in [6.45, 7) is 8.01. The number of rotatable bonds is 8. The van der Waals surface area contributed by atoms with Gasteiger partial charge in [0, 0.05) is 22.6 Å². The van der Waals surface area contributed by atoms with Crippen LogP contribution < -0.4 is 10.1 Å². The molecule has 0 unspecified atom stereocenters. The number of aryl methyl sites for hydroxylation is 1. The van der Waals surface area contributed by atoms with E-state index in [1.54, 1.807) is 6.07 Å². The smallest absolute Gasteiger partial charge is 0.325 e. The van der Waals surface area contributed by atoms with Gasteiger partial charge in [-0.15, -0.1) is 0 Å². The molecule has 1 fully saturated rings. The summed E-state index contributed by atoms with van der Waals surface area (Å²) in [5.74, 6) is 0.205. The topological polar surface area (TPSA) is 80.6 Å². The largest absolute Gasteiger partial charge is 0.494 e. The Morgan fingerprint density at radius 1 is 1.14 bits per heavy atom. The van der Waals surface area contributed by atoms with Crippen molar-refractivity contribution < 1.29 is 19.1 Å². The Labute approximate surface area is 170 Å². The van der Waals surface area contributed by atoms with Crippen molar-refractivity contribution in [2.45, 2.75) is 46.6 Å². The van der Waals surface area contributed by atoms with Gasteiger partial charge in [0.25, 0.3) is 5.91 Å². The molecular weight excluding hydrogens is 370 g/mol. The molecule has 2 aromatic rings. The van der Waals surface area contributed by atoms with Crippen molar-refractivity contribution in [1.29, 1.82) is 0 Å². The minimum Gasteiger partial charge on any atom is -0.494 e. The molecule has 1 saturated heterocycles. The van der Waals surface area contributed by atoms with Gasteiger partial charge in [-0.3, -0.25) is 14.5 Å². The third-order valence-corrected chi connectivity index (χ3v) is 5.12. The highest BCUT2D eigenvalue weighted by atomic mass is 16.5. The molecule has 0 saturated carbocycles. The number of aromatic nitrogens is 1. The van der Waals surface area contributed by atoms with E-state index in [-0.39, 0.29) is 18.2 Å². The predicted molar refractivity (Wildman–Crippen MR) is 110 cm³/mol. The molecule has 2 heterocycles. The second-order valence-electron chi connectivity index (χ2n) is 7.19. The first-order chi connectivity index (χ1) is 13.9. The summed E-state index contributed by atoms with van der Waals surface area (Å²) in [5.41, 5.74) is 3.10. The first-order valence-corrected chi connectivity index (χ1v) is 9.94. The molecular formula is C22H27N3O4. The number of urea groups is 1. The van der Waals surface area contributed by atoms with Crippen molar-refractivity contribution in [2.24, 2.45) is 0 Å². The van der Waals surface area contributed by atoms with Crippen LogP contribution in [0.1, 0.15) is 48.4 Å². The third-order valence-electron chi connectivity index (χ3n) is 5.12. The number of hydrogen-bond acceptors (Lipinski definition) is 4. The van der Waals surface area contributed by atoms with Crippen LogP contribution in [0.3, 0.4) is 0 Å². The number of nitrogens with one attached hydrogen (secondary N) is 1. The van der Waals surface area contributed by atoms with E-state index in [9.17, 15) is 14.4 Å². The van der Waals surface area contributed by atoms with Crippen LogP contribution in [0.5, 0.6) is 5.75 Å². The highest BCUT2D eigenvalue weighted by molar-refractivity contribution is 6.09. The van der Waals surface area contributed by atoms with Gasteiger partial charge in [-0.1, -0.05) is 13.3 Å². The van der Waals surface area contributed by atoms with Crippen molar-refractivity contribution in [1.82, 2.24) is 14.8 Å². The Kier molecular flexibility index (Phi) is 6.06. The SMILES string of the molecule is CCC[C@@H]1NC(=O)N(CC(=O)c2cc(C)n(-c3ccc(OCC)cc3)c2C)C1=O. The zero-order valence-electron chi connectivity index (χ0n) is 17.3. The highest BCUT2D eigenvalue weighted by Gasteiger charge is 2.38. The minimum atomic E-state index is -0.531. The van der Waals surface area contributed by atoms with Gasteiger partial charge in [-0.2, -0.15) is 0 Å². The van der Waals surface area contributed by atoms with Gasteiger partial charge < -0.3 is 14.6 Å². The fourth-order valence-electron chi connectivity index (χ4n) is 3.74. The van der Waals surface area contributed by atoms with Gasteiger partial charge in [-0.25, -0.2) is 4.79 Å². The second-order valence-corrected chi connectivity index (χ2v) is 7.19. The van der Waals surface area contributed by atoms with E-state index in [1.807, 2.05) is 56.5 Å². The molecule has 0 aliphatic carbocycles. The molecule has 1 atom stereocenters. The van der Waals surface area contributed by atoms with E-state index in [2.05, 4.69) is 5.32 Å². The molecule has 7 heteroatoms. The molecule has 0 bridgehead atoms. The maximum absolute atomic E-state index is 12.9. The van der Waals surface area contributed by atoms with Crippen LogP contribution in [-0.2, 0) is 4.79 Å². The molecule has 1 N–H and O–H groups in total. The average Bonchev–Trinajstić information content (AvgIpc) is 3.13. The molecule has 154 valence electrons. The molecule has 3 amide bonds. The summed E-state index contributed by atoms with van der Waals surface area (Å²) in [7, 11) is 0. The molecule has 0 spiro atoms. The monoisotopic (exact) mass is 397 g/mol. The summed E-state index contributed by atoms with van der Waals surface area (Å²) in [5, 5.41) is 2.65. The summed E-state index contributed by atoms with van der Waals surface area (Å²) in [6.07, 6.45) is 1.35. The van der Waals surface area contributed by atoms with E-state index >= 15 is 0 Å². The van der Waals surface area contributed by atoms with Crippen molar-refractivity contribution in [3.05, 3.63) is 47.3 Å². The highest BCUT2D eigenvalue weighted by Crippen LogP contribution is 2.24. The fourth-order valence-corrected chi connectivity index (χ4v) is 3.74. The van der Waals surface area contributed by atoms with Gasteiger partial charge >= 0.3 is 6.03 Å². The number of nitrogens with zero attached hydrogens (tertiary/aromatic N) is 2. The summed E-state index contributed by atoms with van der Waals surface area (Å²) in [4.78, 5) is 38.5. The number of imide groups is 1. The number of carbonyl (C=O) groups is 3. The Balaban J connectivity index is 1.81. The first-order valence-electron chi connectivity index (χ1n) is 9.94. The van der Waals surface area contributed by atoms with Crippen LogP contribution in [0.25, 0.3) is 5.69 Å². The maximum Gasteiger partial charge on any atom is 0.325 e. The molecule has 1 aromatic heterocycles. The zero-order chi connectivity index (χ0) is 21.1. The summed E-state index contributed by atoms with van der Waals surface area (Å²) in [6, 6.07) is 8.42. The number of Topliss-reactive ketones (excluding diaryl/α,β-unsaturated/α-hetero) is 1. The van der Waals surface area contributed by atoms with Gasteiger partial charge in [0.2, 0.25) is 0 Å². The minimum absolute atomic E-state index is 0.252. The molecule has 0 radical (unpaired) electrons. The number of ketones is 1. The van der Waals surface area contributed by atoms with Crippen LogP contribution in [-0.4, -0.2) is 46.4 Å². The number of amides is 3. The molecule has 1 aliphatic heterocycles. The number of benzene rings is 1. The van der Waals surface area contributed by atoms with Crippen molar-refractivity contribution in [3.8, 4) is 11.4 Å². The standard InChI is InChI=1S/C22H27N3O4/c1-5-7-19-21(27)24(22(28)23-19)13-20(26)18-12-14(3)25(15(18)4)16-8-10-17(11-9-16)29-6-2/h8-12,19H,5-7,13H2,1-4H3,(H,23,28)/t19-/m0/s1. The van der Waals surface area contributed by atoms with E-state index in [0.29, 0.717) is 18.6 Å². The lowest BCUT2D eigenvalue weighted by atomic mass is 10.1. The van der Waals surface area contributed by atoms with Crippen molar-refractivity contribution >= 4 is 17.7 Å². The van der Waals surface area contributed by atoms with Gasteiger partial charge in [0.05, 0.1) is 13.2 Å². The van der Waals surface area contributed by atoms with E-state index < -0.39 is 12.1 Å². The van der Waals surface area contributed by atoms with Crippen molar-refractivity contribution in [2.75, 3.05) is 13.2 Å². The van der Waals surface area contributed by atoms with Crippen LogP contribution in [0.4, 0.5) is 4.79 Å². The molecule has 7 nitrogen and oxygen atoms in total. The predicted octanol–water partition coefficient (Wildman–Crippen LogP) is 3.40. The Hall–Kier alpha value is -3.09. The zero-order valence-corrected chi connectivity index (χ0v) is 17.3. The number of hydrogen-bond donors (Lipinski definition) is 1. The summed E-state index contributed by atoms with van der Waals surface area (Å²) >= 11 is 0. The molecule has 1 aliphatic rings. The Morgan fingerprint density at radius 2 is 1.83 bits per heavy atom. The third kappa shape index (κ3) is 4.04. The van der Waals surface area contributed by atoms with E-state index in [1.165, 1.54) is 0 Å². The van der Waals surface area contributed by atoms with Crippen LogP contribution in [0.15, 0.2) is 30.3 Å². The maximum atomic E-state index is 12.9. The van der Waals surface area contributed by atoms with Gasteiger partial charge in [0.1, 0.15) is 11.8 Å². The van der Waals surface area contributed by atoms with Crippen molar-refractivity contribution in [3.63, 3.8) is 0 Å². The van der Waals surface area contributed by atoms with Gasteiger partial charge in [-0.05, 0) is 57.5 Å². The Bertz CT molecular complexity index is 930. The molecule has 29 heavy (non-hydrogen) atoms. The lowest BCUT2D eigenvalue weighted by Gasteiger charge is -2.13. The molecule has 3 rings (SSSR count). The number of carbonyl (C=O) groups excluding carboxylic acids is 3. The average molecular weight is 397 g/mol. The lowest BCUT2D eigenvalue weighted by molar-refractivity contribution is -0.127. The second kappa shape index (κ2) is 8.51. The van der Waals surface area contributed by atoms with Crippen LogP contribution >= 0.6 is 0 Å². The van der Waals surface area contributed by atoms with E-state index in [0.717, 1.165) is 34.1 Å². The fraction of sp³-hybridized carbons (Fsp3) is 0.409. The normalized spacial score (nSPS) is 16.3. The van der Waals surface area contributed by atoms with Crippen LogP contribution in [0.2, 0.25) is 0 Å². The van der Waals surface area contributed by atoms with E-state index in [4.69, 9.17) is 4.74 Å². The Morgan fingerprint density at radius 3 is 2.45 bits per heavy atom. The lowest BCUT2D eigenvalue weighted by Crippen LogP contribution is -2.36. The first kappa shape index (κ1) is 20.6. The quantitative estimate of drug-likeness (QED) is 0.547.